The van der Waals surface area contributed by atoms with E-state index in [-0.39, 0.29) is 17.6 Å². The fraction of sp³-hybridized carbons (Fsp3) is 0.316. The van der Waals surface area contributed by atoms with E-state index in [1.807, 2.05) is 35.8 Å². The van der Waals surface area contributed by atoms with Gasteiger partial charge in [0.25, 0.3) is 5.56 Å². The van der Waals surface area contributed by atoms with Crippen molar-refractivity contribution in [1.82, 2.24) is 19.3 Å². The van der Waals surface area contributed by atoms with Crippen molar-refractivity contribution in [3.05, 3.63) is 56.7 Å². The Morgan fingerprint density at radius 2 is 2.11 bits per heavy atom. The maximum Gasteiger partial charge on any atom is 0.327 e. The van der Waals surface area contributed by atoms with Crippen molar-refractivity contribution >= 4 is 32.9 Å². The Morgan fingerprint density at radius 3 is 2.79 bits per heavy atom. The summed E-state index contributed by atoms with van der Waals surface area (Å²) in [6.07, 6.45) is 1.41. The number of nitriles is 1. The molecule has 9 heteroatoms. The Morgan fingerprint density at radius 1 is 1.36 bits per heavy atom. The molecule has 0 aliphatic heterocycles. The van der Waals surface area contributed by atoms with Crippen LogP contribution >= 0.6 is 15.9 Å². The molecule has 0 aliphatic rings. The van der Waals surface area contributed by atoms with Crippen molar-refractivity contribution in [3.8, 4) is 6.07 Å². The molecule has 1 unspecified atom stereocenters. The number of hydrogen-bond acceptors (Lipinski definition) is 6. The Kier molecular flexibility index (Phi) is 5.90. The van der Waals surface area contributed by atoms with Crippen LogP contribution in [-0.4, -0.2) is 31.9 Å². The number of rotatable bonds is 6. The number of aromatic nitrogens is 4. The molecule has 3 aromatic rings. The Hall–Kier alpha value is -2.99. The van der Waals surface area contributed by atoms with Crippen LogP contribution < -0.4 is 5.56 Å². The first-order chi connectivity index (χ1) is 13.5. The topological polar surface area (TPSA) is 103 Å². The molecule has 0 saturated carbocycles. The zero-order valence-electron chi connectivity index (χ0n) is 15.4. The average Bonchev–Trinajstić information content (AvgIpc) is 3.06. The Bertz CT molecular complexity index is 1130. The van der Waals surface area contributed by atoms with Gasteiger partial charge in [-0.25, -0.2) is 9.67 Å². The number of carbonyl (C=O) groups is 1. The first kappa shape index (κ1) is 19.8. The van der Waals surface area contributed by atoms with Crippen molar-refractivity contribution in [3.63, 3.8) is 0 Å². The fourth-order valence-electron chi connectivity index (χ4n) is 3.03. The number of carbonyl (C=O) groups excluding carboxylic acids is 1. The Balaban J connectivity index is 2.07. The minimum atomic E-state index is -0.792. The molecule has 1 aromatic carbocycles. The Labute approximate surface area is 169 Å². The molecule has 0 N–H and O–H groups in total. The SMILES string of the molecule is CCOC(=O)Cn1ncc(C(C#N)c2nc3ccccc3n2CC)c(Br)c1=O. The molecule has 0 spiro atoms. The number of imidazole rings is 1. The summed E-state index contributed by atoms with van der Waals surface area (Å²) in [6.45, 7) is 4.20. The highest BCUT2D eigenvalue weighted by atomic mass is 79.9. The fourth-order valence-corrected chi connectivity index (χ4v) is 3.57. The second-order valence-electron chi connectivity index (χ2n) is 5.95. The average molecular weight is 444 g/mol. The molecule has 8 nitrogen and oxygen atoms in total. The van der Waals surface area contributed by atoms with Crippen molar-refractivity contribution in [2.24, 2.45) is 0 Å². The van der Waals surface area contributed by atoms with Gasteiger partial charge in [-0.1, -0.05) is 12.1 Å². The number of ether oxygens (including phenoxy) is 1. The van der Waals surface area contributed by atoms with E-state index in [2.05, 4.69) is 32.1 Å². The number of esters is 1. The number of benzene rings is 1. The third kappa shape index (κ3) is 3.55. The second-order valence-corrected chi connectivity index (χ2v) is 6.74. The highest BCUT2D eigenvalue weighted by molar-refractivity contribution is 9.10. The van der Waals surface area contributed by atoms with E-state index in [0.717, 1.165) is 15.7 Å². The first-order valence-corrected chi connectivity index (χ1v) is 9.57. The van der Waals surface area contributed by atoms with Crippen molar-refractivity contribution in [2.45, 2.75) is 32.9 Å². The molecule has 0 bridgehead atoms. The molecule has 0 fully saturated rings. The summed E-state index contributed by atoms with van der Waals surface area (Å²) >= 11 is 3.28. The van der Waals surface area contributed by atoms with Gasteiger partial charge < -0.3 is 9.30 Å². The lowest BCUT2D eigenvalue weighted by Gasteiger charge is -2.14. The van der Waals surface area contributed by atoms with Crippen molar-refractivity contribution in [1.29, 1.82) is 5.26 Å². The van der Waals surface area contributed by atoms with Gasteiger partial charge in [0.15, 0.2) is 0 Å². The summed E-state index contributed by atoms with van der Waals surface area (Å²) in [5.41, 5.74) is 1.59. The molecule has 2 aromatic heterocycles. The van der Waals surface area contributed by atoms with Crippen molar-refractivity contribution < 1.29 is 9.53 Å². The third-order valence-corrected chi connectivity index (χ3v) is 5.09. The van der Waals surface area contributed by atoms with Crippen LogP contribution in [0.4, 0.5) is 0 Å². The summed E-state index contributed by atoms with van der Waals surface area (Å²) in [5.74, 6) is -0.809. The summed E-state index contributed by atoms with van der Waals surface area (Å²) < 4.78 is 7.97. The zero-order chi connectivity index (χ0) is 20.3. The summed E-state index contributed by atoms with van der Waals surface area (Å²) in [4.78, 5) is 28.9. The van der Waals surface area contributed by atoms with Crippen LogP contribution in [0.1, 0.15) is 31.2 Å². The van der Waals surface area contributed by atoms with Crippen LogP contribution in [-0.2, 0) is 22.6 Å². The van der Waals surface area contributed by atoms with Gasteiger partial charge >= 0.3 is 5.97 Å². The molecule has 3 rings (SSSR count). The summed E-state index contributed by atoms with van der Waals surface area (Å²) in [6, 6.07) is 9.84. The van der Waals surface area contributed by atoms with Gasteiger partial charge in [0.2, 0.25) is 0 Å². The van der Waals surface area contributed by atoms with Crippen LogP contribution in [0, 0.1) is 11.3 Å². The van der Waals surface area contributed by atoms with Gasteiger partial charge in [0.05, 0.1) is 34.4 Å². The lowest BCUT2D eigenvalue weighted by molar-refractivity contribution is -0.144. The predicted molar refractivity (Wildman–Crippen MR) is 106 cm³/mol. The van der Waals surface area contributed by atoms with Gasteiger partial charge in [0.1, 0.15) is 18.3 Å². The van der Waals surface area contributed by atoms with E-state index in [9.17, 15) is 14.9 Å². The highest BCUT2D eigenvalue weighted by Crippen LogP contribution is 2.29. The van der Waals surface area contributed by atoms with E-state index in [1.165, 1.54) is 6.20 Å². The zero-order valence-corrected chi connectivity index (χ0v) is 17.0. The highest BCUT2D eigenvalue weighted by Gasteiger charge is 2.26. The first-order valence-electron chi connectivity index (χ1n) is 8.77. The van der Waals surface area contributed by atoms with Crippen LogP contribution in [0.2, 0.25) is 0 Å². The molecule has 0 amide bonds. The van der Waals surface area contributed by atoms with Gasteiger partial charge in [-0.2, -0.15) is 10.4 Å². The molecular formula is C19H18BrN5O3. The number of nitrogens with zero attached hydrogens (tertiary/aromatic N) is 5. The monoisotopic (exact) mass is 443 g/mol. The smallest absolute Gasteiger partial charge is 0.327 e. The molecule has 28 heavy (non-hydrogen) atoms. The molecule has 0 aliphatic carbocycles. The van der Waals surface area contributed by atoms with Gasteiger partial charge in [-0.15, -0.1) is 0 Å². The van der Waals surface area contributed by atoms with Crippen LogP contribution in [0.3, 0.4) is 0 Å². The lowest BCUT2D eigenvalue weighted by Crippen LogP contribution is -2.29. The third-order valence-electron chi connectivity index (χ3n) is 4.29. The molecule has 0 saturated heterocycles. The number of halogens is 1. The van der Waals surface area contributed by atoms with E-state index < -0.39 is 17.4 Å². The van der Waals surface area contributed by atoms with Gasteiger partial charge in [-0.3, -0.25) is 9.59 Å². The molecule has 2 heterocycles. The summed E-state index contributed by atoms with van der Waals surface area (Å²) in [5, 5.41) is 13.9. The van der Waals surface area contributed by atoms with E-state index >= 15 is 0 Å². The van der Waals surface area contributed by atoms with E-state index in [0.29, 0.717) is 17.9 Å². The quantitative estimate of drug-likeness (QED) is 0.542. The second kappa shape index (κ2) is 8.35. The summed E-state index contributed by atoms with van der Waals surface area (Å²) in [7, 11) is 0. The maximum atomic E-state index is 12.6. The van der Waals surface area contributed by atoms with Crippen LogP contribution in [0.25, 0.3) is 11.0 Å². The lowest BCUT2D eigenvalue weighted by atomic mass is 10.0. The van der Waals surface area contributed by atoms with E-state index in [4.69, 9.17) is 4.74 Å². The van der Waals surface area contributed by atoms with Crippen LogP contribution in [0.15, 0.2) is 39.7 Å². The molecular weight excluding hydrogens is 426 g/mol. The normalized spacial score (nSPS) is 11.9. The predicted octanol–water partition coefficient (Wildman–Crippen LogP) is 2.59. The standard InChI is InChI=1S/C19H18BrN5O3/c1-3-24-15-8-6-5-7-14(15)23-18(24)12(9-21)13-10-22-25(19(27)17(13)20)11-16(26)28-4-2/h5-8,10,12H,3-4,11H2,1-2H3. The number of para-hydroxylation sites is 2. The minimum Gasteiger partial charge on any atom is -0.465 e. The van der Waals surface area contributed by atoms with E-state index in [1.54, 1.807) is 6.92 Å². The van der Waals surface area contributed by atoms with Crippen LogP contribution in [0.5, 0.6) is 0 Å². The number of hydrogen-bond donors (Lipinski definition) is 0. The minimum absolute atomic E-state index is 0.174. The molecule has 0 radical (unpaired) electrons. The maximum absolute atomic E-state index is 12.6. The number of fused-ring (bicyclic) bond motifs is 1. The number of aryl methyl sites for hydroxylation is 1. The molecule has 144 valence electrons. The van der Waals surface area contributed by atoms with Gasteiger partial charge in [-0.05, 0) is 41.9 Å². The van der Waals surface area contributed by atoms with Crippen molar-refractivity contribution in [2.75, 3.05) is 6.61 Å². The van der Waals surface area contributed by atoms with Gasteiger partial charge in [0, 0.05) is 12.1 Å². The largest absolute Gasteiger partial charge is 0.465 e. The molecule has 1 atom stereocenters.